The molecule has 0 aromatic rings. The zero-order chi connectivity index (χ0) is 52.9. The number of hydrogen-bond acceptors (Lipinski definition) is 8. The third-order valence-electron chi connectivity index (χ3n) is 14.9. The first-order chi connectivity index (χ1) is 35.8. The summed E-state index contributed by atoms with van der Waals surface area (Å²) in [6, 6.07) is -0.801. The van der Waals surface area contributed by atoms with Crippen molar-refractivity contribution in [3.8, 4) is 0 Å². The summed E-state index contributed by atoms with van der Waals surface area (Å²) in [5.41, 5.74) is 0. The number of aliphatic hydroxyl groups excluding tert-OH is 5. The molecular weight excluding hydrogens is 911 g/mol. The maximum atomic E-state index is 13.0. The third kappa shape index (κ3) is 42.9. The summed E-state index contributed by atoms with van der Waals surface area (Å²) in [7, 11) is 0. The molecule has 7 unspecified atom stereocenters. The summed E-state index contributed by atoms with van der Waals surface area (Å²) in [5, 5.41) is 54.2. The molecule has 1 heterocycles. The Kier molecular flexibility index (Phi) is 50.7. The van der Waals surface area contributed by atoms with Crippen LogP contribution in [0.2, 0.25) is 0 Å². The molecule has 73 heavy (non-hydrogen) atoms. The minimum Gasteiger partial charge on any atom is -0.394 e. The predicted octanol–water partition coefficient (Wildman–Crippen LogP) is 16.1. The zero-order valence-corrected chi connectivity index (χ0v) is 47.6. The fourth-order valence-electron chi connectivity index (χ4n) is 9.93. The quantitative estimate of drug-likeness (QED) is 0.0261. The van der Waals surface area contributed by atoms with Crippen molar-refractivity contribution in [1.29, 1.82) is 0 Å². The summed E-state index contributed by atoms with van der Waals surface area (Å²) in [6.07, 6.45) is 65.3. The predicted molar refractivity (Wildman–Crippen MR) is 309 cm³/mol. The molecule has 428 valence electrons. The second kappa shape index (κ2) is 53.5. The topological polar surface area (TPSA) is 149 Å². The van der Waals surface area contributed by atoms with Crippen LogP contribution in [-0.4, -0.2) is 87.5 Å². The Hall–Kier alpha value is -1.85. The molecule has 9 heteroatoms. The van der Waals surface area contributed by atoms with Gasteiger partial charge in [-0.25, -0.2) is 0 Å². The van der Waals surface area contributed by atoms with E-state index in [-0.39, 0.29) is 12.5 Å². The lowest BCUT2D eigenvalue weighted by molar-refractivity contribution is -0.302. The molecule has 1 aliphatic heterocycles. The van der Waals surface area contributed by atoms with E-state index in [2.05, 4.69) is 55.6 Å². The van der Waals surface area contributed by atoms with Gasteiger partial charge in [-0.05, 0) is 57.8 Å². The van der Waals surface area contributed by atoms with Crippen LogP contribution in [0.5, 0.6) is 0 Å². The minimum atomic E-state index is -1.56. The Bertz CT molecular complexity index is 1290. The van der Waals surface area contributed by atoms with Gasteiger partial charge in [0.1, 0.15) is 24.4 Å². The first-order valence-electron chi connectivity index (χ1n) is 31.4. The van der Waals surface area contributed by atoms with E-state index in [0.717, 1.165) is 51.4 Å². The standard InChI is InChI=1S/C64H119NO8/c1-3-5-7-9-11-13-14-15-16-17-18-19-20-21-22-23-24-25-26-27-28-29-30-31-32-33-34-35-36-37-38-39-40-41-42-43-44-46-48-50-52-54-60(68)65-57(58(67)53-51-49-47-45-12-10-8-6-4-2)56-72-64-63(71)62(70)61(69)59(55-66)73-64/h14-15,17-18,20-21,51,53,57-59,61-64,66-67,69-71H,3-13,16,19,22-50,52,54-56H2,1-2H3,(H,65,68)/b15-14-,18-17-,21-20-,53-51+. The van der Waals surface area contributed by atoms with Crippen molar-refractivity contribution < 1.29 is 39.8 Å². The van der Waals surface area contributed by atoms with Crippen molar-refractivity contribution in [1.82, 2.24) is 5.32 Å². The second-order valence-electron chi connectivity index (χ2n) is 21.9. The van der Waals surface area contributed by atoms with Crippen molar-refractivity contribution in [2.45, 2.75) is 339 Å². The average molecular weight is 1030 g/mol. The molecule has 9 nitrogen and oxygen atoms in total. The van der Waals surface area contributed by atoms with E-state index in [4.69, 9.17) is 9.47 Å². The molecule has 0 aliphatic carbocycles. The Morgan fingerprint density at radius 1 is 0.466 bits per heavy atom. The normalized spacial score (nSPS) is 19.4. The second-order valence-corrected chi connectivity index (χ2v) is 21.9. The molecule has 1 saturated heterocycles. The number of allylic oxidation sites excluding steroid dienone is 7. The molecular formula is C64H119NO8. The molecule has 1 rings (SSSR count). The molecule has 1 amide bonds. The van der Waals surface area contributed by atoms with Crippen LogP contribution in [0.3, 0.4) is 0 Å². The highest BCUT2D eigenvalue weighted by Gasteiger charge is 2.44. The average Bonchev–Trinajstić information content (AvgIpc) is 3.39. The van der Waals surface area contributed by atoms with Crippen molar-refractivity contribution >= 4 is 5.91 Å². The number of aliphatic hydroxyl groups is 5. The summed E-state index contributed by atoms with van der Waals surface area (Å²) >= 11 is 0. The Balaban J connectivity index is 1.97. The maximum Gasteiger partial charge on any atom is 0.220 e. The maximum absolute atomic E-state index is 13.0. The van der Waals surface area contributed by atoms with E-state index in [0.29, 0.717) is 6.42 Å². The molecule has 0 aromatic heterocycles. The van der Waals surface area contributed by atoms with Crippen LogP contribution in [0.4, 0.5) is 0 Å². The van der Waals surface area contributed by atoms with Gasteiger partial charge in [0, 0.05) is 6.42 Å². The van der Waals surface area contributed by atoms with Crippen LogP contribution in [0, 0.1) is 0 Å². The van der Waals surface area contributed by atoms with E-state index >= 15 is 0 Å². The highest BCUT2D eigenvalue weighted by molar-refractivity contribution is 5.76. The van der Waals surface area contributed by atoms with Gasteiger partial charge in [-0.3, -0.25) is 4.79 Å². The van der Waals surface area contributed by atoms with Crippen molar-refractivity contribution in [2.24, 2.45) is 0 Å². The Morgan fingerprint density at radius 2 is 0.808 bits per heavy atom. The van der Waals surface area contributed by atoms with Gasteiger partial charge in [0.2, 0.25) is 5.91 Å². The van der Waals surface area contributed by atoms with Crippen LogP contribution >= 0.6 is 0 Å². The monoisotopic (exact) mass is 1030 g/mol. The van der Waals surface area contributed by atoms with Crippen LogP contribution in [0.1, 0.15) is 296 Å². The van der Waals surface area contributed by atoms with Gasteiger partial charge >= 0.3 is 0 Å². The molecule has 1 aliphatic rings. The van der Waals surface area contributed by atoms with Gasteiger partial charge in [0.15, 0.2) is 6.29 Å². The Labute approximate surface area is 450 Å². The lowest BCUT2D eigenvalue weighted by Gasteiger charge is -2.40. The minimum absolute atomic E-state index is 0.175. The van der Waals surface area contributed by atoms with E-state index in [9.17, 15) is 30.3 Å². The molecule has 0 aromatic carbocycles. The van der Waals surface area contributed by atoms with Crippen LogP contribution in [0.25, 0.3) is 0 Å². The van der Waals surface area contributed by atoms with E-state index in [1.807, 2.05) is 6.08 Å². The highest BCUT2D eigenvalue weighted by Crippen LogP contribution is 2.23. The summed E-state index contributed by atoms with van der Waals surface area (Å²) in [6.45, 7) is 3.74. The molecule has 0 bridgehead atoms. The summed E-state index contributed by atoms with van der Waals surface area (Å²) in [4.78, 5) is 13.0. The molecule has 7 atom stereocenters. The zero-order valence-electron chi connectivity index (χ0n) is 47.6. The third-order valence-corrected chi connectivity index (χ3v) is 14.9. The van der Waals surface area contributed by atoms with Crippen molar-refractivity contribution in [2.75, 3.05) is 13.2 Å². The molecule has 6 N–H and O–H groups in total. The smallest absolute Gasteiger partial charge is 0.220 e. The first-order valence-corrected chi connectivity index (χ1v) is 31.4. The number of amides is 1. The highest BCUT2D eigenvalue weighted by atomic mass is 16.7. The van der Waals surface area contributed by atoms with Crippen LogP contribution in [-0.2, 0) is 14.3 Å². The van der Waals surface area contributed by atoms with Crippen molar-refractivity contribution in [3.63, 3.8) is 0 Å². The lowest BCUT2D eigenvalue weighted by atomic mass is 9.99. The number of carbonyl (C=O) groups excluding carboxylic acids is 1. The fraction of sp³-hybridized carbons (Fsp3) is 0.859. The number of nitrogens with one attached hydrogen (secondary N) is 1. The van der Waals surface area contributed by atoms with E-state index < -0.39 is 49.5 Å². The number of unbranched alkanes of at least 4 members (excludes halogenated alkanes) is 38. The number of carbonyl (C=O) groups is 1. The fourth-order valence-corrected chi connectivity index (χ4v) is 9.93. The summed E-state index contributed by atoms with van der Waals surface area (Å²) in [5.74, 6) is -0.175. The van der Waals surface area contributed by atoms with E-state index in [1.165, 1.54) is 225 Å². The van der Waals surface area contributed by atoms with Gasteiger partial charge in [0.25, 0.3) is 0 Å². The molecule has 0 radical (unpaired) electrons. The van der Waals surface area contributed by atoms with Gasteiger partial charge in [-0.2, -0.15) is 0 Å². The van der Waals surface area contributed by atoms with Gasteiger partial charge in [-0.1, -0.05) is 281 Å². The number of ether oxygens (including phenoxy) is 2. The molecule has 1 fully saturated rings. The molecule has 0 saturated carbocycles. The van der Waals surface area contributed by atoms with Crippen LogP contribution < -0.4 is 5.32 Å². The Morgan fingerprint density at radius 3 is 1.19 bits per heavy atom. The number of rotatable bonds is 54. The lowest BCUT2D eigenvalue weighted by Crippen LogP contribution is -2.60. The first kappa shape index (κ1) is 69.2. The van der Waals surface area contributed by atoms with Gasteiger partial charge in [0.05, 0.1) is 25.4 Å². The van der Waals surface area contributed by atoms with Crippen LogP contribution in [0.15, 0.2) is 48.6 Å². The number of hydrogen-bond donors (Lipinski definition) is 6. The van der Waals surface area contributed by atoms with Crippen molar-refractivity contribution in [3.05, 3.63) is 48.6 Å². The molecule has 0 spiro atoms. The summed E-state index contributed by atoms with van der Waals surface area (Å²) < 4.78 is 11.2. The van der Waals surface area contributed by atoms with Gasteiger partial charge in [-0.15, -0.1) is 0 Å². The largest absolute Gasteiger partial charge is 0.394 e. The van der Waals surface area contributed by atoms with Gasteiger partial charge < -0.3 is 40.3 Å². The van der Waals surface area contributed by atoms with E-state index in [1.54, 1.807) is 6.08 Å². The SMILES string of the molecule is CCCCCCC/C=C\C/C=C\C/C=C\CCCCCCCCCCCCCCCCCCCCCCCCCCCCC(=O)NC(COC1OC(CO)C(O)C(O)C1O)C(O)/C=C/CCCCCCCCC.